The van der Waals surface area contributed by atoms with Gasteiger partial charge in [0.2, 0.25) is 5.91 Å². The first-order valence-corrected chi connectivity index (χ1v) is 9.76. The number of hydrogen-bond donors (Lipinski definition) is 1. The maximum atomic E-state index is 12.0. The van der Waals surface area contributed by atoms with E-state index in [-0.39, 0.29) is 30.0 Å². The fourth-order valence-electron chi connectivity index (χ4n) is 2.36. The first-order chi connectivity index (χ1) is 13.4. The zero-order valence-electron chi connectivity index (χ0n) is 15.7. The molecule has 0 spiro atoms. The SMILES string of the molecule is CCOc1ccccc1/C=C/C(=O)O[C@H](C)C(=O)NCCN1C(=O)CSC1=O. The summed E-state index contributed by atoms with van der Waals surface area (Å²) in [5.41, 5.74) is 0.719. The van der Waals surface area contributed by atoms with Crippen LogP contribution in [0.4, 0.5) is 4.79 Å². The highest BCUT2D eigenvalue weighted by Gasteiger charge is 2.29. The fourth-order valence-corrected chi connectivity index (χ4v) is 3.11. The van der Waals surface area contributed by atoms with Crippen molar-refractivity contribution in [1.82, 2.24) is 10.2 Å². The minimum atomic E-state index is -1.02. The van der Waals surface area contributed by atoms with Crippen LogP contribution < -0.4 is 10.1 Å². The van der Waals surface area contributed by atoms with Gasteiger partial charge in [-0.2, -0.15) is 0 Å². The molecule has 150 valence electrons. The number of nitrogens with zero attached hydrogens (tertiary/aromatic N) is 1. The lowest BCUT2D eigenvalue weighted by Gasteiger charge is -2.15. The third kappa shape index (κ3) is 6.12. The summed E-state index contributed by atoms with van der Waals surface area (Å²) >= 11 is 0.933. The lowest BCUT2D eigenvalue weighted by Crippen LogP contribution is -2.41. The second-order valence-electron chi connectivity index (χ2n) is 5.77. The van der Waals surface area contributed by atoms with Gasteiger partial charge in [-0.15, -0.1) is 0 Å². The lowest BCUT2D eigenvalue weighted by molar-refractivity contribution is -0.150. The molecule has 1 saturated heterocycles. The van der Waals surface area contributed by atoms with Crippen LogP contribution in [0.5, 0.6) is 5.75 Å². The number of imide groups is 1. The van der Waals surface area contributed by atoms with E-state index in [1.165, 1.54) is 13.0 Å². The van der Waals surface area contributed by atoms with Gasteiger partial charge in [0, 0.05) is 24.7 Å². The lowest BCUT2D eigenvalue weighted by atomic mass is 10.2. The molecule has 0 radical (unpaired) electrons. The third-order valence-electron chi connectivity index (χ3n) is 3.76. The third-order valence-corrected chi connectivity index (χ3v) is 4.61. The van der Waals surface area contributed by atoms with Crippen LogP contribution in [0.1, 0.15) is 19.4 Å². The Hall–Kier alpha value is -2.81. The number of nitrogens with one attached hydrogen (secondary N) is 1. The molecule has 1 N–H and O–H groups in total. The van der Waals surface area contributed by atoms with Crippen molar-refractivity contribution in [3.8, 4) is 5.75 Å². The van der Waals surface area contributed by atoms with Crippen molar-refractivity contribution in [2.75, 3.05) is 25.4 Å². The molecule has 0 aliphatic carbocycles. The first kappa shape index (κ1) is 21.5. The number of benzene rings is 1. The first-order valence-electron chi connectivity index (χ1n) is 8.77. The molecule has 3 amide bonds. The van der Waals surface area contributed by atoms with Gasteiger partial charge >= 0.3 is 5.97 Å². The van der Waals surface area contributed by atoms with E-state index in [4.69, 9.17) is 9.47 Å². The molecule has 1 aliphatic heterocycles. The molecule has 1 aliphatic rings. The average molecular weight is 406 g/mol. The molecule has 0 aromatic heterocycles. The summed E-state index contributed by atoms with van der Waals surface area (Å²) < 4.78 is 10.5. The van der Waals surface area contributed by atoms with E-state index in [2.05, 4.69) is 5.32 Å². The molecule has 0 saturated carbocycles. The van der Waals surface area contributed by atoms with Crippen molar-refractivity contribution in [3.63, 3.8) is 0 Å². The topological polar surface area (TPSA) is 102 Å². The summed E-state index contributed by atoms with van der Waals surface area (Å²) in [4.78, 5) is 48.0. The second kappa shape index (κ2) is 10.5. The minimum absolute atomic E-state index is 0.0885. The summed E-state index contributed by atoms with van der Waals surface area (Å²) in [5.74, 6) is -0.691. The molecule has 1 aromatic rings. The Bertz CT molecular complexity index is 763. The summed E-state index contributed by atoms with van der Waals surface area (Å²) in [6, 6.07) is 7.23. The van der Waals surface area contributed by atoms with Crippen molar-refractivity contribution in [2.45, 2.75) is 20.0 Å². The van der Waals surface area contributed by atoms with E-state index in [0.29, 0.717) is 12.4 Å². The maximum Gasteiger partial charge on any atom is 0.331 e. The molecule has 2 rings (SSSR count). The summed E-state index contributed by atoms with van der Waals surface area (Å²) in [6.07, 6.45) is 1.76. The number of rotatable bonds is 9. The number of hydrogen-bond acceptors (Lipinski definition) is 7. The minimum Gasteiger partial charge on any atom is -0.493 e. The quantitative estimate of drug-likeness (QED) is 0.493. The van der Waals surface area contributed by atoms with Crippen molar-refractivity contribution in [1.29, 1.82) is 0 Å². The van der Waals surface area contributed by atoms with Crippen LogP contribution in [-0.2, 0) is 19.1 Å². The number of thioether (sulfide) groups is 1. The van der Waals surface area contributed by atoms with Crippen molar-refractivity contribution in [3.05, 3.63) is 35.9 Å². The molecule has 1 heterocycles. The largest absolute Gasteiger partial charge is 0.493 e. The van der Waals surface area contributed by atoms with Crippen LogP contribution in [0.3, 0.4) is 0 Å². The average Bonchev–Trinajstić information content (AvgIpc) is 2.99. The Labute approximate surface area is 167 Å². The summed E-state index contributed by atoms with van der Waals surface area (Å²) in [5, 5.41) is 2.22. The Morgan fingerprint density at radius 1 is 1.32 bits per heavy atom. The molecule has 1 fully saturated rings. The van der Waals surface area contributed by atoms with E-state index in [9.17, 15) is 19.2 Å². The Balaban J connectivity index is 1.79. The zero-order chi connectivity index (χ0) is 20.5. The fraction of sp³-hybridized carbons (Fsp3) is 0.368. The van der Waals surface area contributed by atoms with Gasteiger partial charge < -0.3 is 14.8 Å². The van der Waals surface area contributed by atoms with Crippen LogP contribution in [0.2, 0.25) is 0 Å². The molecule has 1 atom stereocenters. The molecular formula is C19H22N2O6S. The van der Waals surface area contributed by atoms with Crippen LogP contribution in [0.25, 0.3) is 6.08 Å². The van der Waals surface area contributed by atoms with Gasteiger partial charge in [0.05, 0.1) is 12.4 Å². The second-order valence-corrected chi connectivity index (χ2v) is 6.70. The van der Waals surface area contributed by atoms with Crippen LogP contribution in [0, 0.1) is 0 Å². The number of esters is 1. The smallest absolute Gasteiger partial charge is 0.331 e. The predicted octanol–water partition coefficient (Wildman–Crippen LogP) is 1.84. The molecule has 28 heavy (non-hydrogen) atoms. The van der Waals surface area contributed by atoms with Crippen molar-refractivity contribution in [2.24, 2.45) is 0 Å². The zero-order valence-corrected chi connectivity index (χ0v) is 16.5. The van der Waals surface area contributed by atoms with Crippen LogP contribution in [0.15, 0.2) is 30.3 Å². The highest BCUT2D eigenvalue weighted by Crippen LogP contribution is 2.19. The molecule has 0 bridgehead atoms. The Morgan fingerprint density at radius 3 is 2.75 bits per heavy atom. The molecule has 8 nitrogen and oxygen atoms in total. The van der Waals surface area contributed by atoms with E-state index >= 15 is 0 Å². The molecule has 0 unspecified atom stereocenters. The standard InChI is InChI=1S/C19H22N2O6S/c1-3-26-15-7-5-4-6-14(15)8-9-17(23)27-13(2)18(24)20-10-11-21-16(22)12-28-19(21)25/h4-9,13H,3,10-12H2,1-2H3,(H,20,24)/b9-8+/t13-/m1/s1. The summed E-state index contributed by atoms with van der Waals surface area (Å²) in [7, 11) is 0. The normalized spacial score (nSPS) is 15.0. The highest BCUT2D eigenvalue weighted by molar-refractivity contribution is 8.14. The summed E-state index contributed by atoms with van der Waals surface area (Å²) in [6.45, 7) is 3.99. The monoisotopic (exact) mass is 406 g/mol. The number of carbonyl (C=O) groups excluding carboxylic acids is 4. The maximum absolute atomic E-state index is 12.0. The van der Waals surface area contributed by atoms with E-state index in [1.807, 2.05) is 19.1 Å². The number of carbonyl (C=O) groups is 4. The van der Waals surface area contributed by atoms with Gasteiger partial charge in [-0.1, -0.05) is 30.0 Å². The van der Waals surface area contributed by atoms with Gasteiger partial charge in [-0.3, -0.25) is 19.3 Å². The van der Waals surface area contributed by atoms with E-state index in [1.54, 1.807) is 18.2 Å². The Kier molecular flexibility index (Phi) is 8.06. The van der Waals surface area contributed by atoms with Crippen molar-refractivity contribution < 1.29 is 28.7 Å². The number of ether oxygens (including phenoxy) is 2. The van der Waals surface area contributed by atoms with E-state index in [0.717, 1.165) is 22.2 Å². The molecule has 1 aromatic carbocycles. The van der Waals surface area contributed by atoms with Crippen LogP contribution in [-0.4, -0.2) is 59.5 Å². The Morgan fingerprint density at radius 2 is 2.07 bits per heavy atom. The van der Waals surface area contributed by atoms with Gasteiger partial charge in [-0.25, -0.2) is 4.79 Å². The van der Waals surface area contributed by atoms with Gasteiger partial charge in [-0.05, 0) is 26.0 Å². The van der Waals surface area contributed by atoms with Crippen molar-refractivity contribution >= 4 is 40.9 Å². The molecule has 9 heteroatoms. The number of para-hydroxylation sites is 1. The highest BCUT2D eigenvalue weighted by atomic mass is 32.2. The molecular weight excluding hydrogens is 384 g/mol. The van der Waals surface area contributed by atoms with Gasteiger partial charge in [0.15, 0.2) is 6.10 Å². The van der Waals surface area contributed by atoms with Gasteiger partial charge in [0.25, 0.3) is 11.1 Å². The number of amides is 3. The van der Waals surface area contributed by atoms with Gasteiger partial charge in [0.1, 0.15) is 5.75 Å². The van der Waals surface area contributed by atoms with Crippen LogP contribution >= 0.6 is 11.8 Å². The predicted molar refractivity (Wildman–Crippen MR) is 105 cm³/mol. The van der Waals surface area contributed by atoms with E-state index < -0.39 is 18.0 Å².